The smallest absolute Gasteiger partial charge is 0.310 e. The third kappa shape index (κ3) is 4.68. The number of nitrogens with zero attached hydrogens (tertiary/aromatic N) is 2. The Morgan fingerprint density at radius 1 is 1.25 bits per heavy atom. The number of amides is 1. The van der Waals surface area contributed by atoms with Gasteiger partial charge in [0, 0.05) is 11.6 Å². The zero-order valence-corrected chi connectivity index (χ0v) is 13.6. The van der Waals surface area contributed by atoms with Gasteiger partial charge in [-0.2, -0.15) is 5.10 Å². The van der Waals surface area contributed by atoms with Gasteiger partial charge < -0.3 is 4.74 Å². The molecule has 0 aliphatic carbocycles. The van der Waals surface area contributed by atoms with Crippen molar-refractivity contribution in [1.29, 1.82) is 0 Å². The van der Waals surface area contributed by atoms with Gasteiger partial charge in [-0.3, -0.25) is 14.9 Å². The first kappa shape index (κ1) is 17.7. The van der Waals surface area contributed by atoms with Crippen LogP contribution in [0.4, 0.5) is 5.69 Å². The summed E-state index contributed by atoms with van der Waals surface area (Å²) in [5.41, 5.74) is 2.54. The van der Waals surface area contributed by atoms with Gasteiger partial charge in [0.15, 0.2) is 12.4 Å². The largest absolute Gasteiger partial charge is 0.477 e. The van der Waals surface area contributed by atoms with Gasteiger partial charge in [-0.1, -0.05) is 47.5 Å². The Balaban J connectivity index is 1.91. The Morgan fingerprint density at radius 2 is 2.00 bits per heavy atom. The molecule has 1 N–H and O–H groups in total. The van der Waals surface area contributed by atoms with Crippen LogP contribution in [0.1, 0.15) is 5.56 Å². The fraction of sp³-hybridized carbons (Fsp3) is 0.0667. The highest BCUT2D eigenvalue weighted by molar-refractivity contribution is 6.43. The molecule has 0 unspecified atom stereocenters. The first-order valence-corrected chi connectivity index (χ1v) is 7.36. The molecule has 0 aliphatic heterocycles. The van der Waals surface area contributed by atoms with E-state index in [1.165, 1.54) is 24.4 Å². The zero-order chi connectivity index (χ0) is 17.5. The SMILES string of the molecule is O=C(COc1ccccc1[N+](=O)[O-])N/N=C\c1cccc(Cl)c1Cl. The van der Waals surface area contributed by atoms with Crippen molar-refractivity contribution in [2.45, 2.75) is 0 Å². The number of carbonyl (C=O) groups excluding carboxylic acids is 1. The predicted octanol–water partition coefficient (Wildman–Crippen LogP) is 3.43. The quantitative estimate of drug-likeness (QED) is 0.480. The van der Waals surface area contributed by atoms with Crippen LogP contribution in [0.2, 0.25) is 10.0 Å². The van der Waals surface area contributed by atoms with Crippen molar-refractivity contribution in [3.8, 4) is 5.75 Å². The molecule has 2 aromatic rings. The maximum Gasteiger partial charge on any atom is 0.310 e. The summed E-state index contributed by atoms with van der Waals surface area (Å²) in [5.74, 6) is -0.581. The van der Waals surface area contributed by atoms with E-state index in [2.05, 4.69) is 10.5 Å². The van der Waals surface area contributed by atoms with Crippen LogP contribution in [-0.4, -0.2) is 23.7 Å². The summed E-state index contributed by atoms with van der Waals surface area (Å²) < 4.78 is 5.13. The van der Waals surface area contributed by atoms with E-state index in [0.29, 0.717) is 15.6 Å². The number of hydrogen-bond donors (Lipinski definition) is 1. The van der Waals surface area contributed by atoms with Gasteiger partial charge in [-0.05, 0) is 12.1 Å². The fourth-order valence-corrected chi connectivity index (χ4v) is 2.06. The maximum atomic E-state index is 11.7. The summed E-state index contributed by atoms with van der Waals surface area (Å²) >= 11 is 11.8. The minimum absolute atomic E-state index is 0.000449. The Labute approximate surface area is 147 Å². The zero-order valence-electron chi connectivity index (χ0n) is 12.1. The Hall–Kier alpha value is -2.64. The Bertz CT molecular complexity index is 796. The van der Waals surface area contributed by atoms with Crippen molar-refractivity contribution in [2.75, 3.05) is 6.61 Å². The molecule has 0 aliphatic rings. The Kier molecular flexibility index (Phi) is 6.11. The minimum Gasteiger partial charge on any atom is -0.477 e. The predicted molar refractivity (Wildman–Crippen MR) is 90.8 cm³/mol. The van der Waals surface area contributed by atoms with Crippen LogP contribution in [0.3, 0.4) is 0 Å². The molecule has 0 heterocycles. The summed E-state index contributed by atoms with van der Waals surface area (Å²) in [7, 11) is 0. The second kappa shape index (κ2) is 8.28. The molecule has 0 fully saturated rings. The molecule has 9 heteroatoms. The average molecular weight is 368 g/mol. The van der Waals surface area contributed by atoms with E-state index in [1.54, 1.807) is 24.3 Å². The van der Waals surface area contributed by atoms with E-state index in [4.69, 9.17) is 27.9 Å². The van der Waals surface area contributed by atoms with Crippen molar-refractivity contribution in [3.63, 3.8) is 0 Å². The number of hydrogen-bond acceptors (Lipinski definition) is 5. The van der Waals surface area contributed by atoms with Crippen molar-refractivity contribution < 1.29 is 14.5 Å². The van der Waals surface area contributed by atoms with E-state index < -0.39 is 17.4 Å². The van der Waals surface area contributed by atoms with Crippen LogP contribution < -0.4 is 10.2 Å². The number of nitro benzene ring substituents is 1. The number of halogens is 2. The first-order valence-electron chi connectivity index (χ1n) is 6.61. The minimum atomic E-state index is -0.591. The molecule has 0 radical (unpaired) electrons. The van der Waals surface area contributed by atoms with Gasteiger partial charge >= 0.3 is 5.69 Å². The molecule has 1 amide bonds. The van der Waals surface area contributed by atoms with Gasteiger partial charge in [0.05, 0.1) is 21.2 Å². The van der Waals surface area contributed by atoms with E-state index in [0.717, 1.165) is 0 Å². The lowest BCUT2D eigenvalue weighted by Gasteiger charge is -2.05. The molecule has 0 saturated carbocycles. The summed E-state index contributed by atoms with van der Waals surface area (Å²) in [6, 6.07) is 10.7. The topological polar surface area (TPSA) is 93.8 Å². The Morgan fingerprint density at radius 3 is 2.75 bits per heavy atom. The van der Waals surface area contributed by atoms with E-state index >= 15 is 0 Å². The molecular formula is C15H11Cl2N3O4. The lowest BCUT2D eigenvalue weighted by Crippen LogP contribution is -2.24. The van der Waals surface area contributed by atoms with Crippen molar-refractivity contribution in [2.24, 2.45) is 5.10 Å². The van der Waals surface area contributed by atoms with Crippen molar-refractivity contribution >= 4 is 41.0 Å². The number of hydrazone groups is 1. The molecule has 7 nitrogen and oxygen atoms in total. The standard InChI is InChI=1S/C15H11Cl2N3O4/c16-11-5-3-4-10(15(11)17)8-18-19-14(21)9-24-13-7-2-1-6-12(13)20(22)23/h1-8H,9H2,(H,19,21)/b18-8-. The van der Waals surface area contributed by atoms with Gasteiger partial charge in [0.2, 0.25) is 0 Å². The number of ether oxygens (including phenoxy) is 1. The lowest BCUT2D eigenvalue weighted by molar-refractivity contribution is -0.385. The molecular weight excluding hydrogens is 357 g/mol. The second-order valence-corrected chi connectivity index (χ2v) is 5.23. The van der Waals surface area contributed by atoms with Crippen LogP contribution in [0.5, 0.6) is 5.75 Å². The fourth-order valence-electron chi connectivity index (χ4n) is 1.70. The van der Waals surface area contributed by atoms with E-state index in [9.17, 15) is 14.9 Å². The van der Waals surface area contributed by atoms with Crippen molar-refractivity contribution in [1.82, 2.24) is 5.43 Å². The maximum absolute atomic E-state index is 11.7. The third-order valence-electron chi connectivity index (χ3n) is 2.80. The average Bonchev–Trinajstić information content (AvgIpc) is 2.57. The third-order valence-corrected chi connectivity index (χ3v) is 3.63. The summed E-state index contributed by atoms with van der Waals surface area (Å²) in [4.78, 5) is 21.9. The van der Waals surface area contributed by atoms with Gasteiger partial charge in [0.25, 0.3) is 5.91 Å². The molecule has 0 aromatic heterocycles. The molecule has 0 bridgehead atoms. The summed E-state index contributed by atoms with van der Waals surface area (Å²) in [6.07, 6.45) is 1.33. The highest BCUT2D eigenvalue weighted by Crippen LogP contribution is 2.25. The molecule has 2 rings (SSSR count). The monoisotopic (exact) mass is 367 g/mol. The van der Waals surface area contributed by atoms with Crippen molar-refractivity contribution in [3.05, 3.63) is 68.2 Å². The number of nitro groups is 1. The van der Waals surface area contributed by atoms with E-state index in [-0.39, 0.29) is 11.4 Å². The second-order valence-electron chi connectivity index (χ2n) is 4.45. The summed E-state index contributed by atoms with van der Waals surface area (Å²) in [6.45, 7) is -0.425. The molecule has 124 valence electrons. The highest BCUT2D eigenvalue weighted by Gasteiger charge is 2.14. The lowest BCUT2D eigenvalue weighted by atomic mass is 10.2. The molecule has 0 saturated heterocycles. The van der Waals surface area contributed by atoms with Gasteiger partial charge in [-0.25, -0.2) is 5.43 Å². The number of rotatable bonds is 6. The van der Waals surface area contributed by atoms with Crippen LogP contribution in [0.15, 0.2) is 47.6 Å². The van der Waals surface area contributed by atoms with Crippen LogP contribution >= 0.6 is 23.2 Å². The van der Waals surface area contributed by atoms with E-state index in [1.807, 2.05) is 0 Å². The van der Waals surface area contributed by atoms with Crippen LogP contribution in [-0.2, 0) is 4.79 Å². The highest BCUT2D eigenvalue weighted by atomic mass is 35.5. The molecule has 24 heavy (non-hydrogen) atoms. The molecule has 0 atom stereocenters. The van der Waals surface area contributed by atoms with Gasteiger partial charge in [-0.15, -0.1) is 0 Å². The number of benzene rings is 2. The number of carbonyl (C=O) groups is 1. The summed E-state index contributed by atoms with van der Waals surface area (Å²) in [5, 5.41) is 15.2. The number of para-hydroxylation sites is 2. The normalized spacial score (nSPS) is 10.6. The van der Waals surface area contributed by atoms with Gasteiger partial charge in [0.1, 0.15) is 0 Å². The molecule has 0 spiro atoms. The van der Waals surface area contributed by atoms with Crippen LogP contribution in [0.25, 0.3) is 0 Å². The first-order chi connectivity index (χ1) is 11.5. The number of nitrogens with one attached hydrogen (secondary N) is 1. The molecule has 2 aromatic carbocycles. The van der Waals surface area contributed by atoms with Crippen LogP contribution in [0, 0.1) is 10.1 Å².